The Kier molecular flexibility index (Phi) is 11.0. The van der Waals surface area contributed by atoms with E-state index in [4.69, 9.17) is 0 Å². The van der Waals surface area contributed by atoms with Crippen molar-refractivity contribution < 1.29 is 4.79 Å². The number of carbonyl (C=O) groups is 1. The minimum Gasteiger partial charge on any atom is -0.352 e. The van der Waals surface area contributed by atoms with Crippen LogP contribution >= 0.6 is 35.7 Å². The highest BCUT2D eigenvalue weighted by Crippen LogP contribution is 2.21. The van der Waals surface area contributed by atoms with E-state index in [1.54, 1.807) is 30.8 Å². The van der Waals surface area contributed by atoms with Crippen LogP contribution < -0.4 is 10.6 Å². The summed E-state index contributed by atoms with van der Waals surface area (Å²) in [6.07, 6.45) is 2.08. The van der Waals surface area contributed by atoms with Crippen molar-refractivity contribution in [2.45, 2.75) is 24.9 Å². The second-order valence-electron chi connectivity index (χ2n) is 6.46. The Hall–Kier alpha value is -1.74. The Morgan fingerprint density at radius 1 is 1.11 bits per heavy atom. The second-order valence-corrected chi connectivity index (χ2v) is 7.31. The maximum atomic E-state index is 11.9. The first-order valence-corrected chi connectivity index (χ1v) is 10.1. The van der Waals surface area contributed by atoms with E-state index < -0.39 is 0 Å². The van der Waals surface area contributed by atoms with Crippen LogP contribution in [0, 0.1) is 6.92 Å². The highest BCUT2D eigenvalue weighted by molar-refractivity contribution is 14.0. The fraction of sp³-hybridized carbons (Fsp3) is 0.333. The fourth-order valence-corrected chi connectivity index (χ4v) is 3.13. The van der Waals surface area contributed by atoms with Crippen molar-refractivity contribution in [2.24, 2.45) is 4.99 Å². The predicted octanol–water partition coefficient (Wildman–Crippen LogP) is 3.66. The van der Waals surface area contributed by atoms with Gasteiger partial charge in [0.05, 0.1) is 13.1 Å². The van der Waals surface area contributed by atoms with Gasteiger partial charge in [-0.1, -0.05) is 42.5 Å². The van der Waals surface area contributed by atoms with E-state index in [0.29, 0.717) is 19.0 Å². The SMILES string of the molecule is CSc1cc(C)ccc1CNC(=NCc1ccccc1)NCC(=O)N(C)C.I. The van der Waals surface area contributed by atoms with Crippen molar-refractivity contribution in [3.05, 3.63) is 65.2 Å². The molecule has 0 atom stereocenters. The van der Waals surface area contributed by atoms with Gasteiger partial charge >= 0.3 is 0 Å². The number of nitrogens with zero attached hydrogens (tertiary/aromatic N) is 2. The van der Waals surface area contributed by atoms with Crippen LogP contribution in [-0.2, 0) is 17.9 Å². The van der Waals surface area contributed by atoms with Crippen LogP contribution in [0.1, 0.15) is 16.7 Å². The smallest absolute Gasteiger partial charge is 0.241 e. The summed E-state index contributed by atoms with van der Waals surface area (Å²) >= 11 is 1.73. The Balaban J connectivity index is 0.00000392. The zero-order chi connectivity index (χ0) is 19.6. The molecule has 0 aromatic heterocycles. The van der Waals surface area contributed by atoms with Gasteiger partial charge in [-0.25, -0.2) is 4.99 Å². The molecule has 0 bridgehead atoms. The lowest BCUT2D eigenvalue weighted by Gasteiger charge is -2.16. The van der Waals surface area contributed by atoms with Crippen molar-refractivity contribution >= 4 is 47.6 Å². The number of aliphatic imine (C=N–C) groups is 1. The van der Waals surface area contributed by atoms with Crippen molar-refractivity contribution in [3.63, 3.8) is 0 Å². The molecular formula is C21H29IN4OS. The minimum absolute atomic E-state index is 0. The molecule has 28 heavy (non-hydrogen) atoms. The number of benzene rings is 2. The van der Waals surface area contributed by atoms with Gasteiger partial charge in [-0.05, 0) is 35.9 Å². The number of halogens is 1. The summed E-state index contributed by atoms with van der Waals surface area (Å²) in [5.74, 6) is 0.631. The van der Waals surface area contributed by atoms with Gasteiger partial charge in [0.2, 0.25) is 5.91 Å². The van der Waals surface area contributed by atoms with Crippen LogP contribution in [0.15, 0.2) is 58.4 Å². The molecule has 2 aromatic carbocycles. The number of aryl methyl sites for hydroxylation is 1. The van der Waals surface area contributed by atoms with Crippen molar-refractivity contribution in [2.75, 3.05) is 26.9 Å². The van der Waals surface area contributed by atoms with Gasteiger partial charge in [-0.2, -0.15) is 0 Å². The summed E-state index contributed by atoms with van der Waals surface area (Å²) in [5, 5.41) is 6.48. The third-order valence-corrected chi connectivity index (χ3v) is 4.88. The third kappa shape index (κ3) is 8.10. The normalized spacial score (nSPS) is 10.8. The molecule has 0 fully saturated rings. The van der Waals surface area contributed by atoms with E-state index in [1.807, 2.05) is 30.3 Å². The van der Waals surface area contributed by atoms with Gasteiger partial charge < -0.3 is 15.5 Å². The van der Waals surface area contributed by atoms with Gasteiger partial charge in [0.15, 0.2) is 5.96 Å². The Labute approximate surface area is 189 Å². The van der Waals surface area contributed by atoms with E-state index in [0.717, 1.165) is 5.56 Å². The molecule has 0 saturated carbocycles. The van der Waals surface area contributed by atoms with Gasteiger partial charge in [0.1, 0.15) is 0 Å². The highest BCUT2D eigenvalue weighted by atomic mass is 127. The van der Waals surface area contributed by atoms with Crippen LogP contribution in [0.5, 0.6) is 0 Å². The van der Waals surface area contributed by atoms with E-state index in [9.17, 15) is 4.79 Å². The molecule has 5 nitrogen and oxygen atoms in total. The van der Waals surface area contributed by atoms with Crippen molar-refractivity contribution in [1.82, 2.24) is 15.5 Å². The maximum Gasteiger partial charge on any atom is 0.241 e. The molecule has 0 unspecified atom stereocenters. The standard InChI is InChI=1S/C21H28N4OS.HI/c1-16-10-11-18(19(12-16)27-4)14-23-21(24-15-20(26)25(2)3)22-13-17-8-6-5-7-9-17;/h5-12H,13-15H2,1-4H3,(H2,22,23,24);1H. The van der Waals surface area contributed by atoms with E-state index in [2.05, 4.69) is 47.0 Å². The number of thioether (sulfide) groups is 1. The van der Waals surface area contributed by atoms with Crippen LogP contribution in [0.2, 0.25) is 0 Å². The molecule has 0 heterocycles. The summed E-state index contributed by atoms with van der Waals surface area (Å²) in [6, 6.07) is 16.5. The van der Waals surface area contributed by atoms with E-state index >= 15 is 0 Å². The topological polar surface area (TPSA) is 56.7 Å². The number of hydrogen-bond acceptors (Lipinski definition) is 3. The first-order chi connectivity index (χ1) is 13.0. The van der Waals surface area contributed by atoms with Gasteiger partial charge in [0.25, 0.3) is 0 Å². The first-order valence-electron chi connectivity index (χ1n) is 8.89. The number of guanidine groups is 1. The molecule has 2 rings (SSSR count). The average Bonchev–Trinajstić information content (AvgIpc) is 2.68. The average molecular weight is 512 g/mol. The van der Waals surface area contributed by atoms with Crippen molar-refractivity contribution in [3.8, 4) is 0 Å². The Morgan fingerprint density at radius 2 is 1.82 bits per heavy atom. The van der Waals surface area contributed by atoms with Gasteiger partial charge in [-0.3, -0.25) is 4.79 Å². The Morgan fingerprint density at radius 3 is 2.46 bits per heavy atom. The number of hydrogen-bond donors (Lipinski definition) is 2. The number of carbonyl (C=O) groups excluding carboxylic acids is 1. The number of nitrogens with one attached hydrogen (secondary N) is 2. The molecule has 2 aromatic rings. The molecule has 0 saturated heterocycles. The molecule has 0 spiro atoms. The zero-order valence-corrected chi connectivity index (χ0v) is 20.0. The quantitative estimate of drug-likeness (QED) is 0.258. The van der Waals surface area contributed by atoms with Crippen LogP contribution in [0.4, 0.5) is 0 Å². The maximum absolute atomic E-state index is 11.9. The van der Waals surface area contributed by atoms with Crippen LogP contribution in [0.3, 0.4) is 0 Å². The monoisotopic (exact) mass is 512 g/mol. The van der Waals surface area contributed by atoms with E-state index in [-0.39, 0.29) is 36.4 Å². The third-order valence-electron chi connectivity index (χ3n) is 4.06. The molecule has 0 radical (unpaired) electrons. The number of rotatable bonds is 7. The molecule has 1 amide bonds. The molecule has 7 heteroatoms. The lowest BCUT2D eigenvalue weighted by atomic mass is 10.1. The van der Waals surface area contributed by atoms with Crippen LogP contribution in [-0.4, -0.2) is 43.7 Å². The summed E-state index contributed by atoms with van der Waals surface area (Å²) in [4.78, 5) is 19.3. The van der Waals surface area contributed by atoms with Gasteiger partial charge in [0, 0.05) is 25.5 Å². The second kappa shape index (κ2) is 12.7. The van der Waals surface area contributed by atoms with Crippen LogP contribution in [0.25, 0.3) is 0 Å². The molecule has 2 N–H and O–H groups in total. The molecular weight excluding hydrogens is 483 g/mol. The predicted molar refractivity (Wildman–Crippen MR) is 129 cm³/mol. The summed E-state index contributed by atoms with van der Waals surface area (Å²) < 4.78 is 0. The first kappa shape index (κ1) is 24.3. The molecule has 0 aliphatic rings. The molecule has 0 aliphatic carbocycles. The van der Waals surface area contributed by atoms with Gasteiger partial charge in [-0.15, -0.1) is 35.7 Å². The number of likely N-dealkylation sites (N-methyl/N-ethyl adjacent to an activating group) is 1. The fourth-order valence-electron chi connectivity index (χ4n) is 2.42. The zero-order valence-electron chi connectivity index (χ0n) is 16.9. The summed E-state index contributed by atoms with van der Waals surface area (Å²) in [6.45, 7) is 3.50. The largest absolute Gasteiger partial charge is 0.352 e. The molecule has 0 aliphatic heterocycles. The summed E-state index contributed by atoms with van der Waals surface area (Å²) in [7, 11) is 3.49. The highest BCUT2D eigenvalue weighted by Gasteiger charge is 2.08. The van der Waals surface area contributed by atoms with E-state index in [1.165, 1.54) is 16.0 Å². The minimum atomic E-state index is 0. The molecule has 152 valence electrons. The number of amides is 1. The lowest BCUT2D eigenvalue weighted by Crippen LogP contribution is -2.42. The lowest BCUT2D eigenvalue weighted by molar-refractivity contribution is -0.127. The summed E-state index contributed by atoms with van der Waals surface area (Å²) in [5.41, 5.74) is 3.58. The van der Waals surface area contributed by atoms with Crippen molar-refractivity contribution in [1.29, 1.82) is 0 Å². The Bertz CT molecular complexity index is 781.